The van der Waals surface area contributed by atoms with Gasteiger partial charge in [-0.05, 0) is 13.3 Å². The zero-order chi connectivity index (χ0) is 14.7. The van der Waals surface area contributed by atoms with E-state index in [4.69, 9.17) is 5.73 Å². The molecule has 0 saturated heterocycles. The molecule has 8 heteroatoms. The second kappa shape index (κ2) is 5.60. The number of hydrogen-bond donors (Lipinski definition) is 2. The van der Waals surface area contributed by atoms with Crippen LogP contribution in [0.3, 0.4) is 0 Å². The molecular weight excluding hydrogens is 261 g/mol. The molecule has 1 atom stereocenters. The Morgan fingerprint density at radius 1 is 1.53 bits per heavy atom. The van der Waals surface area contributed by atoms with Crippen LogP contribution in [-0.4, -0.2) is 27.4 Å². The molecule has 0 fully saturated rings. The molecule has 5 nitrogen and oxygen atoms in total. The quantitative estimate of drug-likeness (QED) is 0.864. The molecule has 0 aliphatic carbocycles. The highest BCUT2D eigenvalue weighted by molar-refractivity contribution is 5.96. The molecule has 1 heterocycles. The number of anilines is 1. The van der Waals surface area contributed by atoms with Gasteiger partial charge in [0.2, 0.25) is 5.91 Å². The molecule has 1 aromatic heterocycles. The van der Waals surface area contributed by atoms with Crippen LogP contribution >= 0.6 is 0 Å². The minimum Gasteiger partial charge on any atom is -0.318 e. The Labute approximate surface area is 109 Å². The maximum Gasteiger partial charge on any atom is 0.408 e. The molecule has 0 aliphatic heterocycles. The summed E-state index contributed by atoms with van der Waals surface area (Å²) in [6.07, 6.45) is -2.00. The molecule has 1 amide bonds. The molecule has 0 radical (unpaired) electrons. The molecule has 0 spiro atoms. The number of amides is 1. The van der Waals surface area contributed by atoms with Crippen LogP contribution in [0.25, 0.3) is 0 Å². The van der Waals surface area contributed by atoms with Crippen molar-refractivity contribution >= 4 is 11.7 Å². The van der Waals surface area contributed by atoms with Gasteiger partial charge in [-0.25, -0.2) is 0 Å². The standard InChI is InChI=1S/C11H17F3N4O/c1-3-5-10(2,15)9(19)16-8-4-6-18(17-8)7-11(12,13)14/h4,6H,3,5,7,15H2,1-2H3,(H,16,17,19). The van der Waals surface area contributed by atoms with Crippen molar-refractivity contribution in [3.05, 3.63) is 12.3 Å². The summed E-state index contributed by atoms with van der Waals surface area (Å²) in [4.78, 5) is 11.8. The van der Waals surface area contributed by atoms with E-state index in [1.165, 1.54) is 6.07 Å². The first-order chi connectivity index (χ1) is 8.64. The average molecular weight is 278 g/mol. The van der Waals surface area contributed by atoms with Gasteiger partial charge in [-0.3, -0.25) is 9.48 Å². The smallest absolute Gasteiger partial charge is 0.318 e. The summed E-state index contributed by atoms with van der Waals surface area (Å²) in [7, 11) is 0. The number of nitrogens with one attached hydrogen (secondary N) is 1. The maximum atomic E-state index is 12.1. The molecule has 0 aliphatic rings. The molecule has 1 unspecified atom stereocenters. The van der Waals surface area contributed by atoms with Crippen LogP contribution in [0.2, 0.25) is 0 Å². The average Bonchev–Trinajstić information content (AvgIpc) is 2.62. The van der Waals surface area contributed by atoms with Crippen molar-refractivity contribution in [2.24, 2.45) is 5.73 Å². The molecule has 0 saturated carbocycles. The first-order valence-corrected chi connectivity index (χ1v) is 5.84. The summed E-state index contributed by atoms with van der Waals surface area (Å²) < 4.78 is 37.1. The van der Waals surface area contributed by atoms with Crippen LogP contribution in [0.5, 0.6) is 0 Å². The van der Waals surface area contributed by atoms with Gasteiger partial charge in [0.15, 0.2) is 5.82 Å². The van der Waals surface area contributed by atoms with E-state index < -0.39 is 24.2 Å². The molecule has 0 aromatic carbocycles. The fourth-order valence-electron chi connectivity index (χ4n) is 1.59. The number of nitrogens with two attached hydrogens (primary N) is 1. The van der Waals surface area contributed by atoms with Crippen molar-refractivity contribution in [2.75, 3.05) is 5.32 Å². The maximum absolute atomic E-state index is 12.1. The molecule has 0 bridgehead atoms. The van der Waals surface area contributed by atoms with Gasteiger partial charge < -0.3 is 11.1 Å². The highest BCUT2D eigenvalue weighted by Crippen LogP contribution is 2.18. The molecule has 3 N–H and O–H groups in total. The van der Waals surface area contributed by atoms with E-state index in [9.17, 15) is 18.0 Å². The van der Waals surface area contributed by atoms with Gasteiger partial charge in [0, 0.05) is 12.3 Å². The summed E-state index contributed by atoms with van der Waals surface area (Å²) in [5.41, 5.74) is 4.73. The summed E-state index contributed by atoms with van der Waals surface area (Å²) in [5, 5.41) is 6.03. The lowest BCUT2D eigenvalue weighted by molar-refractivity contribution is -0.142. The van der Waals surface area contributed by atoms with Gasteiger partial charge in [0.1, 0.15) is 6.54 Å². The Morgan fingerprint density at radius 3 is 2.68 bits per heavy atom. The van der Waals surface area contributed by atoms with Gasteiger partial charge in [0.05, 0.1) is 5.54 Å². The van der Waals surface area contributed by atoms with Crippen molar-refractivity contribution in [1.29, 1.82) is 0 Å². The lowest BCUT2D eigenvalue weighted by Gasteiger charge is -2.21. The number of hydrogen-bond acceptors (Lipinski definition) is 3. The number of halogens is 3. The van der Waals surface area contributed by atoms with Gasteiger partial charge in [-0.2, -0.15) is 18.3 Å². The topological polar surface area (TPSA) is 72.9 Å². The number of carbonyl (C=O) groups is 1. The Kier molecular flexibility index (Phi) is 4.56. The SMILES string of the molecule is CCCC(C)(N)C(=O)Nc1ccn(CC(F)(F)F)n1. The predicted octanol–water partition coefficient (Wildman–Crippen LogP) is 1.90. The van der Waals surface area contributed by atoms with Crippen LogP contribution < -0.4 is 11.1 Å². The van der Waals surface area contributed by atoms with Crippen LogP contribution in [0, 0.1) is 0 Å². The second-order valence-electron chi connectivity index (χ2n) is 4.64. The van der Waals surface area contributed by atoms with E-state index in [2.05, 4.69) is 10.4 Å². The predicted molar refractivity (Wildman–Crippen MR) is 64.4 cm³/mol. The van der Waals surface area contributed by atoms with Crippen molar-refractivity contribution in [3.63, 3.8) is 0 Å². The fraction of sp³-hybridized carbons (Fsp3) is 0.636. The summed E-state index contributed by atoms with van der Waals surface area (Å²) >= 11 is 0. The minimum atomic E-state index is -4.35. The minimum absolute atomic E-state index is 0.0574. The van der Waals surface area contributed by atoms with Crippen molar-refractivity contribution < 1.29 is 18.0 Å². The van der Waals surface area contributed by atoms with Crippen LogP contribution in [0.1, 0.15) is 26.7 Å². The Hall–Kier alpha value is -1.57. The number of rotatable bonds is 5. The fourth-order valence-corrected chi connectivity index (χ4v) is 1.59. The Morgan fingerprint density at radius 2 is 2.16 bits per heavy atom. The van der Waals surface area contributed by atoms with E-state index in [1.54, 1.807) is 6.92 Å². The van der Waals surface area contributed by atoms with Gasteiger partial charge in [-0.15, -0.1) is 0 Å². The molecule has 108 valence electrons. The van der Waals surface area contributed by atoms with Crippen molar-refractivity contribution in [2.45, 2.75) is 44.9 Å². The van der Waals surface area contributed by atoms with Crippen molar-refractivity contribution in [3.8, 4) is 0 Å². The lowest BCUT2D eigenvalue weighted by Crippen LogP contribution is -2.48. The largest absolute Gasteiger partial charge is 0.408 e. The third kappa shape index (κ3) is 4.90. The highest BCUT2D eigenvalue weighted by atomic mass is 19.4. The van der Waals surface area contributed by atoms with E-state index in [-0.39, 0.29) is 5.82 Å². The van der Waals surface area contributed by atoms with E-state index in [0.717, 1.165) is 12.6 Å². The van der Waals surface area contributed by atoms with Crippen LogP contribution in [0.15, 0.2) is 12.3 Å². The first-order valence-electron chi connectivity index (χ1n) is 5.84. The summed E-state index contributed by atoms with van der Waals surface area (Å²) in [6.45, 7) is 2.26. The molecule has 1 rings (SSSR count). The van der Waals surface area contributed by atoms with E-state index >= 15 is 0 Å². The van der Waals surface area contributed by atoms with Crippen LogP contribution in [-0.2, 0) is 11.3 Å². The Balaban J connectivity index is 2.66. The third-order valence-electron chi connectivity index (χ3n) is 2.51. The molecular formula is C11H17F3N4O. The lowest BCUT2D eigenvalue weighted by atomic mass is 9.97. The normalized spacial score (nSPS) is 15.1. The number of alkyl halides is 3. The zero-order valence-corrected chi connectivity index (χ0v) is 10.8. The van der Waals surface area contributed by atoms with Gasteiger partial charge in [-0.1, -0.05) is 13.3 Å². The number of aromatic nitrogens is 2. The summed E-state index contributed by atoms with van der Waals surface area (Å²) in [5.74, 6) is -0.409. The second-order valence-corrected chi connectivity index (χ2v) is 4.64. The number of carbonyl (C=O) groups excluding carboxylic acids is 1. The highest BCUT2D eigenvalue weighted by Gasteiger charge is 2.30. The van der Waals surface area contributed by atoms with E-state index in [1.807, 2.05) is 6.92 Å². The van der Waals surface area contributed by atoms with Crippen LogP contribution in [0.4, 0.5) is 19.0 Å². The monoisotopic (exact) mass is 278 g/mol. The third-order valence-corrected chi connectivity index (χ3v) is 2.51. The van der Waals surface area contributed by atoms with E-state index in [0.29, 0.717) is 11.1 Å². The summed E-state index contributed by atoms with van der Waals surface area (Å²) in [6, 6.07) is 1.30. The zero-order valence-electron chi connectivity index (χ0n) is 10.8. The molecule has 19 heavy (non-hydrogen) atoms. The number of nitrogens with zero attached hydrogens (tertiary/aromatic N) is 2. The molecule has 1 aromatic rings. The van der Waals surface area contributed by atoms with Gasteiger partial charge in [0.25, 0.3) is 0 Å². The van der Waals surface area contributed by atoms with Gasteiger partial charge >= 0.3 is 6.18 Å². The first kappa shape index (κ1) is 15.5. The van der Waals surface area contributed by atoms with Crippen molar-refractivity contribution in [1.82, 2.24) is 9.78 Å². The Bertz CT molecular complexity index is 439.